The molecule has 0 aliphatic carbocycles. The highest BCUT2D eigenvalue weighted by molar-refractivity contribution is 5.94. The van der Waals surface area contributed by atoms with E-state index in [0.29, 0.717) is 18.7 Å². The van der Waals surface area contributed by atoms with Crippen LogP contribution in [0, 0.1) is 0 Å². The summed E-state index contributed by atoms with van der Waals surface area (Å²) in [6, 6.07) is 7.03. The van der Waals surface area contributed by atoms with Crippen molar-refractivity contribution >= 4 is 23.3 Å². The zero-order chi connectivity index (χ0) is 14.4. The number of amides is 3. The van der Waals surface area contributed by atoms with Crippen LogP contribution >= 0.6 is 0 Å². The van der Waals surface area contributed by atoms with E-state index in [2.05, 4.69) is 17.2 Å². The Hall–Kier alpha value is -2.30. The largest absolute Gasteiger partial charge is 0.334 e. The van der Waals surface area contributed by atoms with Gasteiger partial charge < -0.3 is 15.5 Å². The average molecular weight is 273 g/mol. The smallest absolute Gasteiger partial charge is 0.319 e. The second kappa shape index (κ2) is 6.75. The van der Waals surface area contributed by atoms with Crippen LogP contribution in [-0.2, 0) is 4.79 Å². The van der Waals surface area contributed by atoms with E-state index in [1.54, 1.807) is 23.1 Å². The number of urea groups is 1. The molecule has 1 aromatic rings. The van der Waals surface area contributed by atoms with Crippen LogP contribution in [0.5, 0.6) is 0 Å². The molecule has 1 aromatic carbocycles. The first kappa shape index (κ1) is 14.1. The van der Waals surface area contributed by atoms with Gasteiger partial charge in [0.1, 0.15) is 0 Å². The van der Waals surface area contributed by atoms with Crippen molar-refractivity contribution in [3.8, 4) is 0 Å². The second-order valence-corrected chi connectivity index (χ2v) is 4.67. The number of benzene rings is 1. The van der Waals surface area contributed by atoms with Gasteiger partial charge >= 0.3 is 6.03 Å². The highest BCUT2D eigenvalue weighted by Crippen LogP contribution is 2.22. The molecule has 0 spiro atoms. The van der Waals surface area contributed by atoms with Crippen LogP contribution in [0.3, 0.4) is 0 Å². The van der Waals surface area contributed by atoms with E-state index in [4.69, 9.17) is 0 Å². The van der Waals surface area contributed by atoms with Gasteiger partial charge in [0.2, 0.25) is 5.91 Å². The maximum atomic E-state index is 11.8. The highest BCUT2D eigenvalue weighted by Gasteiger charge is 2.19. The normalized spacial score (nSPS) is 14.8. The van der Waals surface area contributed by atoms with Gasteiger partial charge in [0.15, 0.2) is 0 Å². The molecular formula is C15H19N3O2. The number of nitrogens with one attached hydrogen (secondary N) is 2. The third kappa shape index (κ3) is 3.60. The summed E-state index contributed by atoms with van der Waals surface area (Å²) in [6.45, 7) is 4.72. The number of hydrogen-bond acceptors (Lipinski definition) is 2. The number of nitrogens with zero attached hydrogens (tertiary/aromatic N) is 1. The second-order valence-electron chi connectivity index (χ2n) is 4.67. The van der Waals surface area contributed by atoms with Crippen LogP contribution in [-0.4, -0.2) is 25.0 Å². The van der Waals surface area contributed by atoms with Gasteiger partial charge in [0.05, 0.1) is 0 Å². The molecule has 1 saturated heterocycles. The van der Waals surface area contributed by atoms with Gasteiger partial charge in [-0.2, -0.15) is 0 Å². The molecule has 0 aromatic heterocycles. The lowest BCUT2D eigenvalue weighted by molar-refractivity contribution is -0.119. The Morgan fingerprint density at radius 3 is 2.70 bits per heavy atom. The molecule has 0 atom stereocenters. The number of carbonyl (C=O) groups is 2. The number of rotatable bonds is 4. The number of carbonyl (C=O) groups excluding carboxylic acids is 2. The number of anilines is 2. The fourth-order valence-electron chi connectivity index (χ4n) is 2.14. The Morgan fingerprint density at radius 1 is 1.30 bits per heavy atom. The Balaban J connectivity index is 1.97. The van der Waals surface area contributed by atoms with Crippen molar-refractivity contribution in [2.24, 2.45) is 0 Å². The molecule has 0 radical (unpaired) electrons. The lowest BCUT2D eigenvalue weighted by Crippen LogP contribution is -2.35. The van der Waals surface area contributed by atoms with Crippen molar-refractivity contribution in [1.29, 1.82) is 0 Å². The van der Waals surface area contributed by atoms with E-state index >= 15 is 0 Å². The van der Waals surface area contributed by atoms with Crippen LogP contribution < -0.4 is 15.5 Å². The summed E-state index contributed by atoms with van der Waals surface area (Å²) >= 11 is 0. The lowest BCUT2D eigenvalue weighted by atomic mass is 10.1. The number of hydrogen-bond donors (Lipinski definition) is 2. The summed E-state index contributed by atoms with van der Waals surface area (Å²) in [5.41, 5.74) is 1.58. The Bertz CT molecular complexity index is 496. The van der Waals surface area contributed by atoms with E-state index in [1.165, 1.54) is 0 Å². The van der Waals surface area contributed by atoms with Gasteiger partial charge in [-0.3, -0.25) is 4.79 Å². The third-order valence-electron chi connectivity index (χ3n) is 3.17. The first-order valence-electron chi connectivity index (χ1n) is 6.77. The Kier molecular flexibility index (Phi) is 4.76. The molecule has 1 aliphatic rings. The molecule has 5 nitrogen and oxygen atoms in total. The zero-order valence-electron chi connectivity index (χ0n) is 11.4. The minimum Gasteiger partial charge on any atom is -0.334 e. The fourth-order valence-corrected chi connectivity index (χ4v) is 2.14. The maximum Gasteiger partial charge on any atom is 0.319 e. The monoisotopic (exact) mass is 273 g/mol. The summed E-state index contributed by atoms with van der Waals surface area (Å²) in [7, 11) is 0. The highest BCUT2D eigenvalue weighted by atomic mass is 16.2. The molecule has 5 heteroatoms. The fraction of sp³-hybridized carbons (Fsp3) is 0.333. The first-order valence-corrected chi connectivity index (χ1v) is 6.77. The summed E-state index contributed by atoms with van der Waals surface area (Å²) in [5.74, 6) is 0.167. The summed E-state index contributed by atoms with van der Waals surface area (Å²) in [4.78, 5) is 25.1. The molecule has 1 heterocycles. The van der Waals surface area contributed by atoms with Gasteiger partial charge in [-0.25, -0.2) is 4.79 Å². The van der Waals surface area contributed by atoms with Crippen LogP contribution in [0.4, 0.5) is 16.2 Å². The standard InChI is InChI=1S/C15H19N3O2/c1-2-10-16-15(20)17-12-6-8-13(9-7-12)18-11-4-3-5-14(18)19/h2,6-9H,1,3-5,10-11H2,(H2,16,17,20). The Labute approximate surface area is 118 Å². The first-order chi connectivity index (χ1) is 9.70. The van der Waals surface area contributed by atoms with E-state index in [-0.39, 0.29) is 11.9 Å². The van der Waals surface area contributed by atoms with Crippen molar-refractivity contribution in [1.82, 2.24) is 5.32 Å². The van der Waals surface area contributed by atoms with Crippen molar-refractivity contribution in [3.63, 3.8) is 0 Å². The van der Waals surface area contributed by atoms with Gasteiger partial charge in [-0.1, -0.05) is 6.08 Å². The van der Waals surface area contributed by atoms with Crippen molar-refractivity contribution in [2.45, 2.75) is 19.3 Å². The molecule has 2 rings (SSSR count). The van der Waals surface area contributed by atoms with Crippen molar-refractivity contribution < 1.29 is 9.59 Å². The van der Waals surface area contributed by atoms with Crippen molar-refractivity contribution in [3.05, 3.63) is 36.9 Å². The number of piperidine rings is 1. The molecule has 2 N–H and O–H groups in total. The predicted molar refractivity (Wildman–Crippen MR) is 79.9 cm³/mol. The van der Waals surface area contributed by atoms with Crippen LogP contribution in [0.2, 0.25) is 0 Å². The third-order valence-corrected chi connectivity index (χ3v) is 3.17. The molecule has 1 fully saturated rings. The molecule has 20 heavy (non-hydrogen) atoms. The minimum absolute atomic E-state index is 0.167. The maximum absolute atomic E-state index is 11.8. The van der Waals surface area contributed by atoms with Gasteiger partial charge in [0, 0.05) is 30.9 Å². The van der Waals surface area contributed by atoms with Gasteiger partial charge in [-0.05, 0) is 37.1 Å². The van der Waals surface area contributed by atoms with E-state index < -0.39 is 0 Å². The van der Waals surface area contributed by atoms with Crippen molar-refractivity contribution in [2.75, 3.05) is 23.3 Å². The average Bonchev–Trinajstić information content (AvgIpc) is 2.47. The molecule has 0 bridgehead atoms. The molecule has 1 aliphatic heterocycles. The summed E-state index contributed by atoms with van der Waals surface area (Å²) < 4.78 is 0. The molecule has 0 saturated carbocycles. The van der Waals surface area contributed by atoms with Gasteiger partial charge in [0.25, 0.3) is 0 Å². The molecule has 3 amide bonds. The van der Waals surface area contributed by atoms with Crippen LogP contribution in [0.15, 0.2) is 36.9 Å². The SMILES string of the molecule is C=CCNC(=O)Nc1ccc(N2CCCCC2=O)cc1. The predicted octanol–water partition coefficient (Wildman–Crippen LogP) is 2.51. The summed E-state index contributed by atoms with van der Waals surface area (Å²) in [6.07, 6.45) is 4.24. The zero-order valence-corrected chi connectivity index (χ0v) is 11.4. The topological polar surface area (TPSA) is 61.4 Å². The van der Waals surface area contributed by atoms with Crippen LogP contribution in [0.25, 0.3) is 0 Å². The Morgan fingerprint density at radius 2 is 2.05 bits per heavy atom. The summed E-state index contributed by atoms with van der Waals surface area (Å²) in [5, 5.41) is 5.35. The molecule has 106 valence electrons. The van der Waals surface area contributed by atoms with E-state index in [0.717, 1.165) is 25.1 Å². The minimum atomic E-state index is -0.272. The quantitative estimate of drug-likeness (QED) is 0.828. The van der Waals surface area contributed by atoms with Gasteiger partial charge in [-0.15, -0.1) is 6.58 Å². The van der Waals surface area contributed by atoms with E-state index in [9.17, 15) is 9.59 Å². The molecular weight excluding hydrogens is 254 g/mol. The van der Waals surface area contributed by atoms with Crippen LogP contribution in [0.1, 0.15) is 19.3 Å². The molecule has 0 unspecified atom stereocenters. The van der Waals surface area contributed by atoms with E-state index in [1.807, 2.05) is 12.1 Å². The lowest BCUT2D eigenvalue weighted by Gasteiger charge is -2.26.